The molecule has 0 saturated carbocycles. The van der Waals surface area contributed by atoms with Crippen molar-refractivity contribution in [3.63, 3.8) is 0 Å². The fourth-order valence-electron chi connectivity index (χ4n) is 4.42. The molecule has 4 heterocycles. The highest BCUT2D eigenvalue weighted by Crippen LogP contribution is 2.28. The van der Waals surface area contributed by atoms with Crippen molar-refractivity contribution in [3.05, 3.63) is 59.6 Å². The number of sulfone groups is 1. The highest BCUT2D eigenvalue weighted by Gasteiger charge is 2.38. The minimum absolute atomic E-state index is 0.00269. The summed E-state index contributed by atoms with van der Waals surface area (Å²) < 4.78 is 31.9. The van der Waals surface area contributed by atoms with Crippen molar-refractivity contribution in [2.75, 3.05) is 24.7 Å². The summed E-state index contributed by atoms with van der Waals surface area (Å²) in [6.45, 7) is 1.08. The van der Waals surface area contributed by atoms with Gasteiger partial charge in [0.05, 0.1) is 28.2 Å². The van der Waals surface area contributed by atoms with Gasteiger partial charge in [0.25, 0.3) is 5.91 Å². The molecule has 2 aliphatic rings. The van der Waals surface area contributed by atoms with Gasteiger partial charge in [-0.05, 0) is 48.9 Å². The minimum atomic E-state index is -3.14. The smallest absolute Gasteiger partial charge is 0.272 e. The zero-order valence-corrected chi connectivity index (χ0v) is 19.2. The van der Waals surface area contributed by atoms with Gasteiger partial charge in [0, 0.05) is 19.2 Å². The lowest BCUT2D eigenvalue weighted by molar-refractivity contribution is 0.0434. The quantitative estimate of drug-likeness (QED) is 0.550. The van der Waals surface area contributed by atoms with Gasteiger partial charge in [-0.3, -0.25) is 4.79 Å². The fraction of sp³-hybridized carbons (Fsp3) is 0.391. The summed E-state index contributed by atoms with van der Waals surface area (Å²) in [5.74, 6) is -0.0876. The van der Waals surface area contributed by atoms with Crippen LogP contribution >= 0.6 is 11.3 Å². The Balaban J connectivity index is 1.55. The van der Waals surface area contributed by atoms with Gasteiger partial charge in [0.1, 0.15) is 11.4 Å². The van der Waals surface area contributed by atoms with Gasteiger partial charge in [-0.15, -0.1) is 11.3 Å². The molecule has 168 valence electrons. The maximum absolute atomic E-state index is 13.9. The predicted molar refractivity (Wildman–Crippen MR) is 124 cm³/mol. The molecule has 2 aromatic heterocycles. The number of benzene rings is 1. The van der Waals surface area contributed by atoms with Crippen LogP contribution in [0.4, 0.5) is 0 Å². The Labute approximate surface area is 191 Å². The molecule has 0 N–H and O–H groups in total. The van der Waals surface area contributed by atoms with Crippen molar-refractivity contribution in [1.82, 2.24) is 14.7 Å². The Bertz CT molecular complexity index is 1180. The average Bonchev–Trinajstić information content (AvgIpc) is 3.59. The molecule has 7 nitrogen and oxygen atoms in total. The SMILES string of the molecule is O=C(c1cc(-c2cccs2)nn1-c1ccccc1)N(C[C@@H]1CCCO1)[C@H]1CCS(=O)(=O)C1. The van der Waals surface area contributed by atoms with E-state index in [0.717, 1.165) is 29.1 Å². The lowest BCUT2D eigenvalue weighted by atomic mass is 10.1. The number of hydrogen-bond acceptors (Lipinski definition) is 6. The molecule has 5 rings (SSSR count). The number of nitrogens with zero attached hydrogens (tertiary/aromatic N) is 3. The van der Waals surface area contributed by atoms with E-state index in [1.165, 1.54) is 0 Å². The van der Waals surface area contributed by atoms with Crippen LogP contribution in [0.2, 0.25) is 0 Å². The second kappa shape index (κ2) is 8.80. The van der Waals surface area contributed by atoms with Crippen LogP contribution in [0.5, 0.6) is 0 Å². The summed E-state index contributed by atoms with van der Waals surface area (Å²) in [5.41, 5.74) is 1.94. The van der Waals surface area contributed by atoms with Crippen molar-refractivity contribution in [1.29, 1.82) is 0 Å². The normalized spacial score (nSPS) is 22.2. The van der Waals surface area contributed by atoms with Crippen LogP contribution in [0.15, 0.2) is 53.9 Å². The van der Waals surface area contributed by atoms with Crippen LogP contribution in [0.1, 0.15) is 29.8 Å². The number of carbonyl (C=O) groups is 1. The van der Waals surface area contributed by atoms with Gasteiger partial charge in [-0.2, -0.15) is 5.10 Å². The molecule has 0 radical (unpaired) electrons. The topological polar surface area (TPSA) is 81.5 Å². The van der Waals surface area contributed by atoms with Gasteiger partial charge in [-0.25, -0.2) is 13.1 Å². The first-order valence-electron chi connectivity index (χ1n) is 10.8. The van der Waals surface area contributed by atoms with E-state index in [-0.39, 0.29) is 29.6 Å². The molecule has 0 bridgehead atoms. The number of aromatic nitrogens is 2. The van der Waals surface area contributed by atoms with E-state index in [0.29, 0.717) is 25.3 Å². The number of para-hydroxylation sites is 1. The lowest BCUT2D eigenvalue weighted by Gasteiger charge is -2.30. The molecule has 1 aromatic carbocycles. The molecule has 1 amide bonds. The standard InChI is InChI=1S/C23H25N3O4S2/c27-23(25(15-19-8-4-11-30-19)18-10-13-32(28,29)16-18)21-14-20(22-9-5-12-31-22)24-26(21)17-6-2-1-3-7-17/h1-3,5-7,9,12,14,18-19H,4,8,10-11,13,15-16H2/t18-,19-/m0/s1. The van der Waals surface area contributed by atoms with Crippen LogP contribution in [0.3, 0.4) is 0 Å². The van der Waals surface area contributed by atoms with Crippen LogP contribution in [0.25, 0.3) is 16.3 Å². The van der Waals surface area contributed by atoms with E-state index >= 15 is 0 Å². The van der Waals surface area contributed by atoms with Gasteiger partial charge < -0.3 is 9.64 Å². The van der Waals surface area contributed by atoms with E-state index in [4.69, 9.17) is 9.84 Å². The molecule has 32 heavy (non-hydrogen) atoms. The number of carbonyl (C=O) groups excluding carboxylic acids is 1. The molecule has 0 aliphatic carbocycles. The molecule has 2 saturated heterocycles. The highest BCUT2D eigenvalue weighted by molar-refractivity contribution is 7.91. The summed E-state index contributed by atoms with van der Waals surface area (Å²) in [4.78, 5) is 16.6. The van der Waals surface area contributed by atoms with Gasteiger partial charge in [-0.1, -0.05) is 24.3 Å². The Morgan fingerprint density at radius 2 is 2.03 bits per heavy atom. The molecule has 0 spiro atoms. The second-order valence-corrected chi connectivity index (χ2v) is 11.5. The van der Waals surface area contributed by atoms with E-state index in [1.54, 1.807) is 20.9 Å². The average molecular weight is 472 g/mol. The largest absolute Gasteiger partial charge is 0.376 e. The number of rotatable bonds is 6. The molecule has 9 heteroatoms. The molecular weight excluding hydrogens is 446 g/mol. The maximum atomic E-state index is 13.9. The van der Waals surface area contributed by atoms with E-state index < -0.39 is 9.84 Å². The fourth-order valence-corrected chi connectivity index (χ4v) is 6.83. The van der Waals surface area contributed by atoms with Crippen LogP contribution in [-0.4, -0.2) is 65.8 Å². The Kier molecular flexibility index (Phi) is 5.88. The third kappa shape index (κ3) is 4.37. The van der Waals surface area contributed by atoms with Gasteiger partial charge in [0.2, 0.25) is 0 Å². The van der Waals surface area contributed by atoms with Gasteiger partial charge >= 0.3 is 0 Å². The molecular formula is C23H25N3O4S2. The number of thiophene rings is 1. The van der Waals surface area contributed by atoms with Crippen LogP contribution in [-0.2, 0) is 14.6 Å². The highest BCUT2D eigenvalue weighted by atomic mass is 32.2. The molecule has 3 aromatic rings. The summed E-state index contributed by atoms with van der Waals surface area (Å²) in [6, 6.07) is 14.9. The number of amides is 1. The maximum Gasteiger partial charge on any atom is 0.272 e. The van der Waals surface area contributed by atoms with E-state index in [1.807, 2.05) is 53.9 Å². The summed E-state index contributed by atoms with van der Waals surface area (Å²) in [5, 5.41) is 6.72. The minimum Gasteiger partial charge on any atom is -0.376 e. The van der Waals surface area contributed by atoms with Crippen molar-refractivity contribution >= 4 is 27.1 Å². The molecule has 2 aliphatic heterocycles. The first kappa shape index (κ1) is 21.4. The molecule has 2 fully saturated rings. The summed E-state index contributed by atoms with van der Waals surface area (Å²) in [7, 11) is -3.14. The predicted octanol–water partition coefficient (Wildman–Crippen LogP) is 3.41. The Morgan fingerprint density at radius 3 is 2.69 bits per heavy atom. The Morgan fingerprint density at radius 1 is 1.19 bits per heavy atom. The summed E-state index contributed by atoms with van der Waals surface area (Å²) in [6.07, 6.45) is 2.23. The zero-order valence-electron chi connectivity index (χ0n) is 17.6. The summed E-state index contributed by atoms with van der Waals surface area (Å²) >= 11 is 1.56. The van der Waals surface area contributed by atoms with E-state index in [9.17, 15) is 13.2 Å². The van der Waals surface area contributed by atoms with Crippen molar-refractivity contribution in [2.24, 2.45) is 0 Å². The first-order valence-corrected chi connectivity index (χ1v) is 13.5. The Hall–Kier alpha value is -2.49. The monoisotopic (exact) mass is 471 g/mol. The number of ether oxygens (including phenoxy) is 1. The van der Waals surface area contributed by atoms with Crippen LogP contribution < -0.4 is 0 Å². The molecule has 0 unspecified atom stereocenters. The second-order valence-electron chi connectivity index (χ2n) is 8.29. The van der Waals surface area contributed by atoms with Crippen molar-refractivity contribution < 1.29 is 17.9 Å². The lowest BCUT2D eigenvalue weighted by Crippen LogP contribution is -2.45. The third-order valence-corrected chi connectivity index (χ3v) is 8.68. The van der Waals surface area contributed by atoms with E-state index in [2.05, 4.69) is 0 Å². The number of hydrogen-bond donors (Lipinski definition) is 0. The van der Waals surface area contributed by atoms with Crippen molar-refractivity contribution in [3.8, 4) is 16.3 Å². The first-order chi connectivity index (χ1) is 15.5. The molecule has 2 atom stereocenters. The van der Waals surface area contributed by atoms with Crippen molar-refractivity contribution in [2.45, 2.75) is 31.4 Å². The van der Waals surface area contributed by atoms with Crippen LogP contribution in [0, 0.1) is 0 Å². The van der Waals surface area contributed by atoms with Gasteiger partial charge in [0.15, 0.2) is 9.84 Å². The third-order valence-electron chi connectivity index (χ3n) is 6.04. The zero-order chi connectivity index (χ0) is 22.1.